The topological polar surface area (TPSA) is 77.5 Å². The van der Waals surface area contributed by atoms with Gasteiger partial charge >= 0.3 is 6.09 Å². The zero-order valence-corrected chi connectivity index (χ0v) is 19.6. The third kappa shape index (κ3) is 4.89. The van der Waals surface area contributed by atoms with Gasteiger partial charge in [0, 0.05) is 41.3 Å². The number of ether oxygens (including phenoxy) is 1. The molecule has 1 spiro atoms. The number of aryl methyl sites for hydroxylation is 1. The van der Waals surface area contributed by atoms with E-state index in [1.54, 1.807) is 4.90 Å². The van der Waals surface area contributed by atoms with Crippen LogP contribution in [-0.2, 0) is 22.5 Å². The third-order valence-corrected chi connectivity index (χ3v) is 7.35. The van der Waals surface area contributed by atoms with Gasteiger partial charge in [0.25, 0.3) is 0 Å². The molecule has 2 atom stereocenters. The van der Waals surface area contributed by atoms with E-state index < -0.39 is 17.0 Å². The van der Waals surface area contributed by atoms with Crippen LogP contribution in [0.25, 0.3) is 0 Å². The van der Waals surface area contributed by atoms with Crippen molar-refractivity contribution < 1.29 is 14.1 Å². The molecule has 3 rings (SSSR count). The Bertz CT molecular complexity index is 762. The van der Waals surface area contributed by atoms with Crippen LogP contribution >= 0.6 is 0 Å². The molecule has 2 aliphatic rings. The highest BCUT2D eigenvalue weighted by molar-refractivity contribution is 7.90. The number of amides is 1. The van der Waals surface area contributed by atoms with Crippen LogP contribution in [-0.4, -0.2) is 44.0 Å². The second-order valence-corrected chi connectivity index (χ2v) is 12.4. The summed E-state index contributed by atoms with van der Waals surface area (Å²) in [4.78, 5) is 19.1. The Morgan fingerprint density at radius 2 is 1.86 bits per heavy atom. The Morgan fingerprint density at radius 1 is 1.24 bits per heavy atom. The highest BCUT2D eigenvalue weighted by Gasteiger charge is 2.51. The summed E-state index contributed by atoms with van der Waals surface area (Å²) < 4.78 is 21.6. The molecule has 1 aliphatic carbocycles. The number of likely N-dealkylation sites (tertiary alicyclic amines) is 1. The minimum absolute atomic E-state index is 0.0218. The first kappa shape index (κ1) is 22.4. The van der Waals surface area contributed by atoms with Gasteiger partial charge in [-0.1, -0.05) is 6.07 Å². The van der Waals surface area contributed by atoms with Crippen molar-refractivity contribution in [2.45, 2.75) is 84.1 Å². The van der Waals surface area contributed by atoms with E-state index in [1.807, 2.05) is 54.5 Å². The summed E-state index contributed by atoms with van der Waals surface area (Å²) in [6, 6.07) is 4.14. The lowest BCUT2D eigenvalue weighted by Crippen LogP contribution is -2.51. The van der Waals surface area contributed by atoms with Crippen LogP contribution in [0.3, 0.4) is 0 Å². The molecule has 162 valence electrons. The molecule has 6 nitrogen and oxygen atoms in total. The van der Waals surface area contributed by atoms with Crippen molar-refractivity contribution in [3.05, 3.63) is 29.1 Å². The number of pyridine rings is 1. The molecule has 0 radical (unpaired) electrons. The van der Waals surface area contributed by atoms with E-state index in [9.17, 15) is 9.35 Å². The van der Waals surface area contributed by atoms with Gasteiger partial charge in [-0.3, -0.25) is 4.98 Å². The zero-order valence-electron chi connectivity index (χ0n) is 18.8. The largest absolute Gasteiger partial charge is 0.598 e. The number of piperidine rings is 1. The minimum atomic E-state index is -1.18. The summed E-state index contributed by atoms with van der Waals surface area (Å²) in [5.74, 6) is 0. The van der Waals surface area contributed by atoms with Crippen LogP contribution in [0.2, 0.25) is 0 Å². The first-order valence-electron chi connectivity index (χ1n) is 10.4. The molecule has 0 aromatic carbocycles. The van der Waals surface area contributed by atoms with Crippen molar-refractivity contribution in [2.24, 2.45) is 5.41 Å². The number of fused-ring (bicyclic) bond motifs is 1. The van der Waals surface area contributed by atoms with Gasteiger partial charge in [0.2, 0.25) is 0 Å². The average molecular weight is 422 g/mol. The Balaban J connectivity index is 1.81. The molecule has 1 saturated heterocycles. The molecule has 29 heavy (non-hydrogen) atoms. The molecule has 1 amide bonds. The third-order valence-electron chi connectivity index (χ3n) is 5.78. The van der Waals surface area contributed by atoms with Gasteiger partial charge < -0.3 is 14.2 Å². The van der Waals surface area contributed by atoms with E-state index >= 15 is 0 Å². The summed E-state index contributed by atoms with van der Waals surface area (Å²) in [5, 5.41) is 0. The number of carbonyl (C=O) groups is 1. The maximum atomic E-state index is 12.9. The standard InChI is InChI=1S/C22H35N3O3S/c1-15-8-9-16-17(23-15)14-22(18(16)24-29(27)21(5,6)7)10-12-25(13-11-22)19(26)28-20(2,3)4/h8-9,18,24H,10-14H2,1-7H3/t18-,29?/m0/s1. The van der Waals surface area contributed by atoms with Crippen molar-refractivity contribution in [1.29, 1.82) is 0 Å². The van der Waals surface area contributed by atoms with Gasteiger partial charge in [0.15, 0.2) is 0 Å². The summed E-state index contributed by atoms with van der Waals surface area (Å²) in [7, 11) is 0. The lowest BCUT2D eigenvalue weighted by atomic mass is 9.73. The molecule has 1 aromatic heterocycles. The number of hydrogen-bond donors (Lipinski definition) is 1. The second-order valence-electron chi connectivity index (χ2n) is 10.4. The van der Waals surface area contributed by atoms with Gasteiger partial charge in [-0.25, -0.2) is 4.79 Å². The fourth-order valence-corrected chi connectivity index (χ4v) is 5.13. The Hall–Kier alpha value is -1.31. The number of nitrogens with one attached hydrogen (secondary N) is 1. The van der Waals surface area contributed by atoms with E-state index in [1.165, 1.54) is 0 Å². The summed E-state index contributed by atoms with van der Waals surface area (Å²) in [5.41, 5.74) is 2.67. The Kier molecular flexibility index (Phi) is 5.98. The smallest absolute Gasteiger partial charge is 0.410 e. The molecule has 1 unspecified atom stereocenters. The van der Waals surface area contributed by atoms with Crippen LogP contribution in [0.4, 0.5) is 4.79 Å². The summed E-state index contributed by atoms with van der Waals surface area (Å²) in [6.45, 7) is 14.9. The predicted molar refractivity (Wildman–Crippen MR) is 116 cm³/mol. The summed E-state index contributed by atoms with van der Waals surface area (Å²) in [6.07, 6.45) is 2.27. The number of aromatic nitrogens is 1. The Morgan fingerprint density at radius 3 is 2.41 bits per heavy atom. The van der Waals surface area contributed by atoms with Crippen molar-refractivity contribution in [3.63, 3.8) is 0 Å². The Labute approximate surface area is 178 Å². The first-order chi connectivity index (χ1) is 13.3. The normalized spacial score (nSPS) is 22.5. The molecular formula is C22H35N3O3S. The maximum absolute atomic E-state index is 12.9. The first-order valence-corrected chi connectivity index (χ1v) is 11.6. The van der Waals surface area contributed by atoms with Gasteiger partial charge in [0.1, 0.15) is 10.3 Å². The second kappa shape index (κ2) is 7.75. The molecule has 0 saturated carbocycles. The van der Waals surface area contributed by atoms with Gasteiger partial charge in [-0.2, -0.15) is 0 Å². The van der Waals surface area contributed by atoms with Gasteiger partial charge in [0.05, 0.1) is 6.04 Å². The lowest BCUT2D eigenvalue weighted by molar-refractivity contribution is 0.00711. The van der Waals surface area contributed by atoms with E-state index in [0.717, 1.165) is 36.2 Å². The van der Waals surface area contributed by atoms with Crippen molar-refractivity contribution >= 4 is 17.5 Å². The molecule has 1 fully saturated rings. The molecule has 1 N–H and O–H groups in total. The molecule has 7 heteroatoms. The SMILES string of the molecule is Cc1ccc2c(n1)CC1(CCN(C(=O)OC(C)(C)C)CC1)[C@H]2N[S+]([O-])C(C)(C)C. The highest BCUT2D eigenvalue weighted by atomic mass is 32.2. The quantitative estimate of drug-likeness (QED) is 0.729. The van der Waals surface area contributed by atoms with Crippen LogP contribution in [0.15, 0.2) is 12.1 Å². The van der Waals surface area contributed by atoms with E-state index in [0.29, 0.717) is 13.1 Å². The number of hydrogen-bond acceptors (Lipinski definition) is 5. The highest BCUT2D eigenvalue weighted by Crippen LogP contribution is 2.52. The van der Waals surface area contributed by atoms with Crippen molar-refractivity contribution in [1.82, 2.24) is 14.6 Å². The number of nitrogens with zero attached hydrogens (tertiary/aromatic N) is 2. The molecule has 1 aliphatic heterocycles. The zero-order chi connectivity index (χ0) is 21.6. The summed E-state index contributed by atoms with van der Waals surface area (Å²) >= 11 is -1.18. The van der Waals surface area contributed by atoms with Crippen LogP contribution in [0.1, 0.15) is 77.4 Å². The van der Waals surface area contributed by atoms with Crippen LogP contribution in [0.5, 0.6) is 0 Å². The monoisotopic (exact) mass is 421 g/mol. The number of carbonyl (C=O) groups excluding carboxylic acids is 1. The van der Waals surface area contributed by atoms with Crippen LogP contribution < -0.4 is 4.72 Å². The van der Waals surface area contributed by atoms with Crippen LogP contribution in [0, 0.1) is 12.3 Å². The lowest BCUT2D eigenvalue weighted by Gasteiger charge is -2.43. The van der Waals surface area contributed by atoms with Crippen molar-refractivity contribution in [3.8, 4) is 0 Å². The fourth-order valence-electron chi connectivity index (χ4n) is 4.19. The van der Waals surface area contributed by atoms with E-state index in [-0.39, 0.29) is 22.3 Å². The van der Waals surface area contributed by atoms with E-state index in [4.69, 9.17) is 9.72 Å². The maximum Gasteiger partial charge on any atom is 0.410 e. The minimum Gasteiger partial charge on any atom is -0.598 e. The van der Waals surface area contributed by atoms with Gasteiger partial charge in [-0.05, 0) is 79.4 Å². The molecular weight excluding hydrogens is 386 g/mol. The fraction of sp³-hybridized carbons (Fsp3) is 0.727. The average Bonchev–Trinajstić information content (AvgIpc) is 2.85. The molecule has 1 aromatic rings. The van der Waals surface area contributed by atoms with Crippen molar-refractivity contribution in [2.75, 3.05) is 13.1 Å². The van der Waals surface area contributed by atoms with Gasteiger partial charge in [-0.15, -0.1) is 4.72 Å². The predicted octanol–water partition coefficient (Wildman–Crippen LogP) is 4.06. The van der Waals surface area contributed by atoms with E-state index in [2.05, 4.69) is 10.8 Å². The molecule has 0 bridgehead atoms. The molecule has 2 heterocycles. The number of rotatable bonds is 2.